The predicted molar refractivity (Wildman–Crippen MR) is 129 cm³/mol. The summed E-state index contributed by atoms with van der Waals surface area (Å²) in [7, 11) is 2.59. The van der Waals surface area contributed by atoms with E-state index in [0.29, 0.717) is 6.07 Å². The molecule has 0 radical (unpaired) electrons. The molecule has 4 N–H and O–H groups in total. The second-order valence-electron chi connectivity index (χ2n) is 9.11. The third kappa shape index (κ3) is 5.22. The molecule has 220 valence electrons. The third-order valence-corrected chi connectivity index (χ3v) is 6.56. The van der Waals surface area contributed by atoms with Crippen molar-refractivity contribution in [2.75, 3.05) is 27.4 Å². The van der Waals surface area contributed by atoms with Gasteiger partial charge in [0.25, 0.3) is 5.91 Å². The van der Waals surface area contributed by atoms with Gasteiger partial charge in [0.15, 0.2) is 22.8 Å². The first-order chi connectivity index (χ1) is 19.1. The summed E-state index contributed by atoms with van der Waals surface area (Å²) in [6, 6.07) is 7.98. The molecule has 8 nitrogen and oxygen atoms in total. The molecule has 0 saturated carbocycles. The van der Waals surface area contributed by atoms with Crippen molar-refractivity contribution in [2.45, 2.75) is 23.5 Å². The summed E-state index contributed by atoms with van der Waals surface area (Å²) < 4.78 is 114. The van der Waals surface area contributed by atoms with Crippen molar-refractivity contribution < 1.29 is 54.8 Å². The average molecular weight is 589 g/mol. The molecule has 0 aliphatic carbocycles. The maximum Gasteiger partial charge on any atom is 0.424 e. The Morgan fingerprint density at radius 2 is 1.68 bits per heavy atom. The molecule has 3 aromatic rings. The van der Waals surface area contributed by atoms with Crippen molar-refractivity contribution in [1.82, 2.24) is 10.3 Å². The maximum absolute atomic E-state index is 14.4. The highest BCUT2D eigenvalue weighted by Crippen LogP contribution is 2.51. The van der Waals surface area contributed by atoms with Crippen LogP contribution in [0.15, 0.2) is 48.5 Å². The zero-order valence-electron chi connectivity index (χ0n) is 21.3. The van der Waals surface area contributed by atoms with Crippen LogP contribution in [0.3, 0.4) is 0 Å². The van der Waals surface area contributed by atoms with Crippen LogP contribution >= 0.6 is 0 Å². The Hall–Kier alpha value is -4.11. The molecule has 2 aromatic carbocycles. The number of alkyl halides is 6. The van der Waals surface area contributed by atoms with Gasteiger partial charge in [-0.05, 0) is 48.5 Å². The standard InChI is InChI=1S/C26H22F7N3O5/c1-39-17-8-5-14(9-18(17)40-2)22(37)35-11-24(38,26(31,32)33)19-10-16-21(41-12-23(16,34)25(28,29)30)20(36-19)13-3-6-15(27)7-4-13/h3-10,38H,11-12,34H2,1-2H3,(H,35,37)/t23-,24-/m0/s1. The Morgan fingerprint density at radius 1 is 1.05 bits per heavy atom. The largest absolute Gasteiger partial charge is 0.493 e. The van der Waals surface area contributed by atoms with Gasteiger partial charge in [-0.3, -0.25) is 4.79 Å². The molecule has 0 spiro atoms. The fraction of sp³-hybridized carbons (Fsp3) is 0.308. The lowest BCUT2D eigenvalue weighted by Crippen LogP contribution is -2.53. The quantitative estimate of drug-likeness (QED) is 0.354. The van der Waals surface area contributed by atoms with Crippen molar-refractivity contribution in [1.29, 1.82) is 0 Å². The number of nitrogens with two attached hydrogens (primary N) is 1. The van der Waals surface area contributed by atoms with Gasteiger partial charge in [-0.15, -0.1) is 0 Å². The van der Waals surface area contributed by atoms with Crippen molar-refractivity contribution in [2.24, 2.45) is 5.73 Å². The monoisotopic (exact) mass is 589 g/mol. The van der Waals surface area contributed by atoms with Gasteiger partial charge < -0.3 is 30.4 Å². The SMILES string of the molecule is COc1ccc(C(=O)NC[C@](O)(c2cc3c(c(-c4ccc(F)cc4)n2)OC[C@@]3(N)C(F)(F)F)C(F)(F)F)cc1OC. The Kier molecular flexibility index (Phi) is 7.56. The number of nitrogens with one attached hydrogen (secondary N) is 1. The molecule has 1 aliphatic rings. The second-order valence-corrected chi connectivity index (χ2v) is 9.11. The van der Waals surface area contributed by atoms with Crippen molar-refractivity contribution >= 4 is 5.91 Å². The number of ether oxygens (including phenoxy) is 3. The van der Waals surface area contributed by atoms with Crippen LogP contribution < -0.4 is 25.3 Å². The highest BCUT2D eigenvalue weighted by atomic mass is 19.4. The Balaban J connectivity index is 1.82. The number of rotatable bonds is 7. The van der Waals surface area contributed by atoms with E-state index in [2.05, 4.69) is 4.98 Å². The molecule has 41 heavy (non-hydrogen) atoms. The van der Waals surface area contributed by atoms with Crippen LogP contribution in [0.5, 0.6) is 17.2 Å². The number of halogens is 7. The minimum absolute atomic E-state index is 0.0851. The highest BCUT2D eigenvalue weighted by molar-refractivity contribution is 5.95. The van der Waals surface area contributed by atoms with E-state index in [1.165, 1.54) is 32.4 Å². The Labute approximate surface area is 227 Å². The summed E-state index contributed by atoms with van der Waals surface area (Å²) >= 11 is 0. The van der Waals surface area contributed by atoms with E-state index in [-0.39, 0.29) is 22.6 Å². The second kappa shape index (κ2) is 10.4. The number of aliphatic hydroxyl groups is 1. The van der Waals surface area contributed by atoms with Gasteiger partial charge in [0, 0.05) is 16.7 Å². The zero-order chi connectivity index (χ0) is 30.4. The van der Waals surface area contributed by atoms with Crippen LogP contribution in [0.25, 0.3) is 11.3 Å². The Morgan fingerprint density at radius 3 is 2.24 bits per heavy atom. The summed E-state index contributed by atoms with van der Waals surface area (Å²) in [6.45, 7) is -2.74. The van der Waals surface area contributed by atoms with Crippen LogP contribution in [0.1, 0.15) is 21.6 Å². The van der Waals surface area contributed by atoms with Crippen LogP contribution in [0.4, 0.5) is 30.7 Å². The predicted octanol–water partition coefficient (Wildman–Crippen LogP) is 4.19. The lowest BCUT2D eigenvalue weighted by atomic mass is 9.87. The average Bonchev–Trinajstić information content (AvgIpc) is 3.28. The van der Waals surface area contributed by atoms with Gasteiger partial charge >= 0.3 is 12.4 Å². The number of carbonyl (C=O) groups excluding carboxylic acids is 1. The first-order valence-electron chi connectivity index (χ1n) is 11.7. The number of carbonyl (C=O) groups is 1. The number of methoxy groups -OCH3 is 2. The third-order valence-electron chi connectivity index (χ3n) is 6.56. The van der Waals surface area contributed by atoms with Gasteiger partial charge in [-0.25, -0.2) is 9.37 Å². The topological polar surface area (TPSA) is 116 Å². The number of pyridine rings is 1. The van der Waals surface area contributed by atoms with Crippen LogP contribution in [0.2, 0.25) is 0 Å². The van der Waals surface area contributed by atoms with E-state index >= 15 is 0 Å². The fourth-order valence-corrected chi connectivity index (χ4v) is 4.15. The van der Waals surface area contributed by atoms with E-state index < -0.39 is 71.1 Å². The first-order valence-corrected chi connectivity index (χ1v) is 11.7. The fourth-order valence-electron chi connectivity index (χ4n) is 4.15. The molecular weight excluding hydrogens is 567 g/mol. The summed E-state index contributed by atoms with van der Waals surface area (Å²) in [5.41, 5.74) is -4.74. The lowest BCUT2D eigenvalue weighted by Gasteiger charge is -2.32. The molecule has 2 atom stereocenters. The van der Waals surface area contributed by atoms with Crippen molar-refractivity contribution in [3.05, 3.63) is 71.2 Å². The molecule has 0 unspecified atom stereocenters. The van der Waals surface area contributed by atoms with Gasteiger partial charge in [0.1, 0.15) is 18.1 Å². The molecule has 1 aliphatic heterocycles. The van der Waals surface area contributed by atoms with E-state index in [4.69, 9.17) is 19.9 Å². The molecule has 4 rings (SSSR count). The number of nitrogens with zero attached hydrogens (tertiary/aromatic N) is 1. The van der Waals surface area contributed by atoms with Crippen LogP contribution in [-0.4, -0.2) is 55.7 Å². The normalized spacial score (nSPS) is 18.2. The number of aromatic nitrogens is 1. The number of hydrogen-bond donors (Lipinski definition) is 3. The number of amides is 1. The van der Waals surface area contributed by atoms with Gasteiger partial charge in [-0.1, -0.05) is 0 Å². The number of benzene rings is 2. The first kappa shape index (κ1) is 29.9. The van der Waals surface area contributed by atoms with Gasteiger partial charge in [0.2, 0.25) is 5.60 Å². The van der Waals surface area contributed by atoms with E-state index in [1.807, 2.05) is 5.32 Å². The molecule has 15 heteroatoms. The molecule has 0 fully saturated rings. The van der Waals surface area contributed by atoms with Gasteiger partial charge in [0.05, 0.1) is 26.5 Å². The Bertz CT molecular complexity index is 1460. The highest BCUT2D eigenvalue weighted by Gasteiger charge is 2.61. The van der Waals surface area contributed by atoms with Gasteiger partial charge in [-0.2, -0.15) is 26.3 Å². The van der Waals surface area contributed by atoms with E-state index in [0.717, 1.165) is 24.3 Å². The summed E-state index contributed by atoms with van der Waals surface area (Å²) in [4.78, 5) is 16.5. The van der Waals surface area contributed by atoms with E-state index in [1.54, 1.807) is 0 Å². The number of hydrogen-bond acceptors (Lipinski definition) is 7. The summed E-state index contributed by atoms with van der Waals surface area (Å²) in [5, 5.41) is 12.9. The molecule has 1 aromatic heterocycles. The molecule has 0 saturated heterocycles. The van der Waals surface area contributed by atoms with Crippen LogP contribution in [-0.2, 0) is 11.1 Å². The molecule has 0 bridgehead atoms. The zero-order valence-corrected chi connectivity index (χ0v) is 21.3. The summed E-state index contributed by atoms with van der Waals surface area (Å²) in [5.74, 6) is -2.10. The molecule has 1 amide bonds. The lowest BCUT2D eigenvalue weighted by molar-refractivity contribution is -0.265. The molecular formula is C26H22F7N3O5. The van der Waals surface area contributed by atoms with Crippen molar-refractivity contribution in [3.63, 3.8) is 0 Å². The smallest absolute Gasteiger partial charge is 0.424 e. The van der Waals surface area contributed by atoms with E-state index in [9.17, 15) is 40.6 Å². The molecule has 2 heterocycles. The maximum atomic E-state index is 14.4. The summed E-state index contributed by atoms with van der Waals surface area (Å²) in [6.07, 6.45) is -10.7. The van der Waals surface area contributed by atoms with Crippen molar-refractivity contribution in [3.8, 4) is 28.5 Å². The minimum atomic E-state index is -5.56. The van der Waals surface area contributed by atoms with Crippen LogP contribution in [0, 0.1) is 5.82 Å². The number of fused-ring (bicyclic) bond motifs is 1. The minimum Gasteiger partial charge on any atom is -0.493 e.